The lowest BCUT2D eigenvalue weighted by Crippen LogP contribution is -2.08. The lowest BCUT2D eigenvalue weighted by Gasteiger charge is -2.05. The summed E-state index contributed by atoms with van der Waals surface area (Å²) in [5.41, 5.74) is 0. The van der Waals surface area contributed by atoms with Gasteiger partial charge in [0.15, 0.2) is 0 Å². The van der Waals surface area contributed by atoms with Crippen LogP contribution in [0, 0.1) is 0 Å². The van der Waals surface area contributed by atoms with Crippen molar-refractivity contribution in [1.82, 2.24) is 0 Å². The van der Waals surface area contributed by atoms with Crippen LogP contribution in [0.1, 0.15) is 45.4 Å². The number of ether oxygens (including phenoxy) is 2. The van der Waals surface area contributed by atoms with Crippen LogP contribution in [0.4, 0.5) is 0 Å². The highest BCUT2D eigenvalue weighted by Crippen LogP contribution is 2.16. The molecule has 0 fully saturated rings. The summed E-state index contributed by atoms with van der Waals surface area (Å²) in [6, 6.07) is 6.66. The topological polar surface area (TPSA) is 52.6 Å². The lowest BCUT2D eigenvalue weighted by atomic mass is 10.1. The summed E-state index contributed by atoms with van der Waals surface area (Å²) in [5, 5.41) is 0.602. The number of rotatable bonds is 9. The Labute approximate surface area is 130 Å². The minimum atomic E-state index is -0.272. The zero-order valence-corrected chi connectivity index (χ0v) is 13.0. The average Bonchev–Trinajstić information content (AvgIpc) is 2.47. The molecule has 0 radical (unpaired) electrons. The minimum Gasteiger partial charge on any atom is -0.466 e. The van der Waals surface area contributed by atoms with E-state index in [1.165, 1.54) is 0 Å². The molecule has 21 heavy (non-hydrogen) atoms. The van der Waals surface area contributed by atoms with Crippen LogP contribution in [-0.4, -0.2) is 18.5 Å². The Bertz CT molecular complexity index is 442. The number of hydrogen-bond acceptors (Lipinski definition) is 4. The van der Waals surface area contributed by atoms with Crippen molar-refractivity contribution in [1.29, 1.82) is 0 Å². The van der Waals surface area contributed by atoms with Gasteiger partial charge in [0.2, 0.25) is 0 Å². The zero-order valence-electron chi connectivity index (χ0n) is 12.3. The molecule has 0 unspecified atom stereocenters. The standard InChI is InChI=1S/C16H21ClO4/c1-2-12-20-15(18)6-4-3-5-7-16(19)21-14-10-8-13(17)9-11-14/h8-11H,2-7,12H2,1H3. The summed E-state index contributed by atoms with van der Waals surface area (Å²) in [5.74, 6) is 0.0546. The van der Waals surface area contributed by atoms with Crippen molar-refractivity contribution < 1.29 is 19.1 Å². The third-order valence-electron chi connectivity index (χ3n) is 2.77. The van der Waals surface area contributed by atoms with E-state index >= 15 is 0 Å². The molecule has 0 aliphatic heterocycles. The van der Waals surface area contributed by atoms with Gasteiger partial charge in [0.1, 0.15) is 5.75 Å². The number of benzene rings is 1. The monoisotopic (exact) mass is 312 g/mol. The average molecular weight is 313 g/mol. The molecule has 0 bridgehead atoms. The van der Waals surface area contributed by atoms with Crippen molar-refractivity contribution in [2.24, 2.45) is 0 Å². The number of unbranched alkanes of at least 4 members (excludes halogenated alkanes) is 2. The summed E-state index contributed by atoms with van der Waals surface area (Å²) in [7, 11) is 0. The highest BCUT2D eigenvalue weighted by molar-refractivity contribution is 6.30. The lowest BCUT2D eigenvalue weighted by molar-refractivity contribution is -0.143. The molecule has 0 saturated heterocycles. The maximum atomic E-state index is 11.6. The highest BCUT2D eigenvalue weighted by Gasteiger charge is 2.06. The first kappa shape index (κ1) is 17.5. The number of hydrogen-bond donors (Lipinski definition) is 0. The molecule has 1 aromatic rings. The maximum absolute atomic E-state index is 11.6. The van der Waals surface area contributed by atoms with Gasteiger partial charge in [-0.25, -0.2) is 0 Å². The fourth-order valence-corrected chi connectivity index (χ4v) is 1.81. The van der Waals surface area contributed by atoms with Crippen LogP contribution in [-0.2, 0) is 14.3 Å². The molecule has 116 valence electrons. The zero-order chi connectivity index (χ0) is 15.5. The van der Waals surface area contributed by atoms with E-state index < -0.39 is 0 Å². The van der Waals surface area contributed by atoms with Gasteiger partial charge in [0.05, 0.1) is 6.61 Å². The number of carbonyl (C=O) groups excluding carboxylic acids is 2. The summed E-state index contributed by atoms with van der Waals surface area (Å²) < 4.78 is 10.1. The summed E-state index contributed by atoms with van der Waals surface area (Å²) in [6.45, 7) is 2.44. The molecule has 0 N–H and O–H groups in total. The minimum absolute atomic E-state index is 0.166. The Morgan fingerprint density at radius 1 is 1.00 bits per heavy atom. The predicted octanol–water partition coefficient (Wildman–Crippen LogP) is 4.15. The largest absolute Gasteiger partial charge is 0.466 e. The maximum Gasteiger partial charge on any atom is 0.311 e. The Morgan fingerprint density at radius 3 is 2.24 bits per heavy atom. The normalized spacial score (nSPS) is 10.2. The first-order valence-electron chi connectivity index (χ1n) is 7.23. The molecular weight excluding hydrogens is 292 g/mol. The second-order valence-corrected chi connectivity index (χ2v) is 5.15. The van der Waals surface area contributed by atoms with Crippen LogP contribution < -0.4 is 4.74 Å². The molecule has 0 aromatic heterocycles. The fraction of sp³-hybridized carbons (Fsp3) is 0.500. The van der Waals surface area contributed by atoms with Crippen molar-refractivity contribution in [3.8, 4) is 5.75 Å². The van der Waals surface area contributed by atoms with Gasteiger partial charge in [0.25, 0.3) is 0 Å². The molecule has 5 heteroatoms. The molecule has 4 nitrogen and oxygen atoms in total. The van der Waals surface area contributed by atoms with Gasteiger partial charge >= 0.3 is 11.9 Å². The molecule has 0 aliphatic rings. The van der Waals surface area contributed by atoms with E-state index in [9.17, 15) is 9.59 Å². The Hall–Kier alpha value is -1.55. The first-order chi connectivity index (χ1) is 10.1. The molecular formula is C16H21ClO4. The smallest absolute Gasteiger partial charge is 0.311 e. The van der Waals surface area contributed by atoms with Gasteiger partial charge in [-0.2, -0.15) is 0 Å². The van der Waals surface area contributed by atoms with Gasteiger partial charge in [-0.15, -0.1) is 0 Å². The van der Waals surface area contributed by atoms with Gasteiger partial charge < -0.3 is 9.47 Å². The van der Waals surface area contributed by atoms with Gasteiger partial charge in [0, 0.05) is 17.9 Å². The molecule has 0 amide bonds. The van der Waals surface area contributed by atoms with Crippen LogP contribution in [0.25, 0.3) is 0 Å². The molecule has 0 aliphatic carbocycles. The second kappa shape index (κ2) is 10.2. The van der Waals surface area contributed by atoms with Crippen LogP contribution in [0.15, 0.2) is 24.3 Å². The van der Waals surface area contributed by atoms with Gasteiger partial charge in [-0.3, -0.25) is 9.59 Å². The van der Waals surface area contributed by atoms with E-state index in [-0.39, 0.29) is 11.9 Å². The second-order valence-electron chi connectivity index (χ2n) is 4.71. The van der Waals surface area contributed by atoms with E-state index in [2.05, 4.69) is 0 Å². The summed E-state index contributed by atoms with van der Waals surface area (Å²) in [6.07, 6.45) is 3.82. The van der Waals surface area contributed by atoms with Gasteiger partial charge in [-0.05, 0) is 43.5 Å². The Balaban J connectivity index is 2.08. The van der Waals surface area contributed by atoms with Crippen molar-refractivity contribution in [2.45, 2.75) is 45.4 Å². The molecule has 0 heterocycles. The van der Waals surface area contributed by atoms with E-state index in [1.54, 1.807) is 24.3 Å². The van der Waals surface area contributed by atoms with E-state index in [1.807, 2.05) is 6.92 Å². The molecule has 0 spiro atoms. The van der Waals surface area contributed by atoms with Crippen molar-refractivity contribution in [3.05, 3.63) is 29.3 Å². The first-order valence-corrected chi connectivity index (χ1v) is 7.61. The van der Waals surface area contributed by atoms with Crippen LogP contribution in [0.3, 0.4) is 0 Å². The van der Waals surface area contributed by atoms with Crippen molar-refractivity contribution >= 4 is 23.5 Å². The Morgan fingerprint density at radius 2 is 1.62 bits per heavy atom. The molecule has 1 rings (SSSR count). The van der Waals surface area contributed by atoms with E-state index in [0.717, 1.165) is 19.3 Å². The quantitative estimate of drug-likeness (QED) is 0.390. The summed E-state index contributed by atoms with van der Waals surface area (Å²) in [4.78, 5) is 22.8. The third-order valence-corrected chi connectivity index (χ3v) is 3.03. The Kier molecular flexibility index (Phi) is 8.51. The van der Waals surface area contributed by atoms with Crippen LogP contribution >= 0.6 is 11.6 Å². The van der Waals surface area contributed by atoms with Gasteiger partial charge in [-0.1, -0.05) is 24.9 Å². The number of halogens is 1. The predicted molar refractivity (Wildman–Crippen MR) is 81.4 cm³/mol. The SMILES string of the molecule is CCCOC(=O)CCCCCC(=O)Oc1ccc(Cl)cc1. The third kappa shape index (κ3) is 8.35. The van der Waals surface area contributed by atoms with Crippen LogP contribution in [0.5, 0.6) is 5.75 Å². The number of esters is 2. The fourth-order valence-electron chi connectivity index (χ4n) is 1.69. The molecule has 1 aromatic carbocycles. The summed E-state index contributed by atoms with van der Waals surface area (Å²) >= 11 is 5.75. The van der Waals surface area contributed by atoms with Crippen LogP contribution in [0.2, 0.25) is 5.02 Å². The van der Waals surface area contributed by atoms with Crippen molar-refractivity contribution in [2.75, 3.05) is 6.61 Å². The highest BCUT2D eigenvalue weighted by atomic mass is 35.5. The number of carbonyl (C=O) groups is 2. The van der Waals surface area contributed by atoms with E-state index in [0.29, 0.717) is 36.6 Å². The van der Waals surface area contributed by atoms with E-state index in [4.69, 9.17) is 21.1 Å². The molecule has 0 atom stereocenters. The van der Waals surface area contributed by atoms with Crippen molar-refractivity contribution in [3.63, 3.8) is 0 Å². The molecule has 0 saturated carbocycles.